The summed E-state index contributed by atoms with van der Waals surface area (Å²) in [7, 11) is 0. The standard InChI is InChI=1S/C40H25N5S/c1-3-13-26(14-4-1)28-17-11-18-29(25-28)37-42-38(32-21-12-24-35-36(32)41-39(46-35)27-15-5-2-6-16-27)44-40(43-37)45-33-22-9-7-19-30(33)31-20-8-10-23-34(31)45/h1-25H. The van der Waals surface area contributed by atoms with E-state index in [4.69, 9.17) is 19.9 Å². The van der Waals surface area contributed by atoms with Crippen molar-refractivity contribution in [2.75, 3.05) is 0 Å². The van der Waals surface area contributed by atoms with E-state index in [1.54, 1.807) is 11.3 Å². The van der Waals surface area contributed by atoms with Gasteiger partial charge in [-0.1, -0.05) is 121 Å². The summed E-state index contributed by atoms with van der Waals surface area (Å²) in [4.78, 5) is 20.6. The van der Waals surface area contributed by atoms with E-state index in [2.05, 4.69) is 132 Å². The van der Waals surface area contributed by atoms with Crippen LogP contribution in [0.3, 0.4) is 0 Å². The van der Waals surface area contributed by atoms with Gasteiger partial charge in [-0.05, 0) is 41.5 Å². The zero-order valence-electron chi connectivity index (χ0n) is 24.6. The summed E-state index contributed by atoms with van der Waals surface area (Å²) in [6.07, 6.45) is 0. The highest BCUT2D eigenvalue weighted by Gasteiger charge is 2.20. The fourth-order valence-corrected chi connectivity index (χ4v) is 7.15. The summed E-state index contributed by atoms with van der Waals surface area (Å²) in [6, 6.07) is 52.2. The van der Waals surface area contributed by atoms with Crippen molar-refractivity contribution in [3.63, 3.8) is 0 Å². The van der Waals surface area contributed by atoms with Crippen LogP contribution in [0.25, 0.3) is 82.4 Å². The molecule has 6 heteroatoms. The number of hydrogen-bond acceptors (Lipinski definition) is 5. The minimum absolute atomic E-state index is 0.568. The fourth-order valence-electron chi connectivity index (χ4n) is 6.15. The van der Waals surface area contributed by atoms with Gasteiger partial charge in [0.25, 0.3) is 0 Å². The smallest absolute Gasteiger partial charge is 0.238 e. The molecule has 0 atom stereocenters. The van der Waals surface area contributed by atoms with E-state index in [0.29, 0.717) is 17.6 Å². The summed E-state index contributed by atoms with van der Waals surface area (Å²) in [5.41, 5.74) is 8.10. The second-order valence-corrected chi connectivity index (χ2v) is 12.2. The first kappa shape index (κ1) is 26.4. The van der Waals surface area contributed by atoms with Gasteiger partial charge in [-0.2, -0.15) is 9.97 Å². The van der Waals surface area contributed by atoms with Crippen molar-refractivity contribution in [2.24, 2.45) is 0 Å². The summed E-state index contributed by atoms with van der Waals surface area (Å²) in [5, 5.41) is 3.28. The average molecular weight is 608 g/mol. The Balaban J connectivity index is 1.31. The van der Waals surface area contributed by atoms with E-state index in [1.807, 2.05) is 24.3 Å². The van der Waals surface area contributed by atoms with Gasteiger partial charge in [0.05, 0.1) is 21.3 Å². The van der Waals surface area contributed by atoms with E-state index >= 15 is 0 Å². The zero-order chi connectivity index (χ0) is 30.5. The Labute approximate surface area is 269 Å². The highest BCUT2D eigenvalue weighted by molar-refractivity contribution is 7.21. The Hall–Kier alpha value is -5.98. The molecule has 46 heavy (non-hydrogen) atoms. The molecule has 0 fully saturated rings. The van der Waals surface area contributed by atoms with Crippen molar-refractivity contribution in [3.8, 4) is 50.4 Å². The van der Waals surface area contributed by atoms with Crippen LogP contribution in [0, 0.1) is 0 Å². The number of fused-ring (bicyclic) bond motifs is 4. The van der Waals surface area contributed by atoms with Gasteiger partial charge in [0.1, 0.15) is 5.01 Å². The molecule has 0 N–H and O–H groups in total. The first-order valence-electron chi connectivity index (χ1n) is 15.2. The number of hydrogen-bond donors (Lipinski definition) is 0. The molecule has 0 spiro atoms. The third-order valence-corrected chi connectivity index (χ3v) is 9.38. The van der Waals surface area contributed by atoms with Gasteiger partial charge in [0.15, 0.2) is 11.6 Å². The lowest BCUT2D eigenvalue weighted by molar-refractivity contribution is 0.954. The normalized spacial score (nSPS) is 11.5. The van der Waals surface area contributed by atoms with Crippen molar-refractivity contribution in [1.29, 1.82) is 0 Å². The quantitative estimate of drug-likeness (QED) is 0.195. The van der Waals surface area contributed by atoms with E-state index < -0.39 is 0 Å². The van der Waals surface area contributed by atoms with Gasteiger partial charge >= 0.3 is 0 Å². The van der Waals surface area contributed by atoms with E-state index in [-0.39, 0.29) is 0 Å². The zero-order valence-corrected chi connectivity index (χ0v) is 25.4. The number of thiazole rings is 1. The van der Waals surface area contributed by atoms with Crippen LogP contribution >= 0.6 is 11.3 Å². The number of nitrogens with zero attached hydrogens (tertiary/aromatic N) is 5. The summed E-state index contributed by atoms with van der Waals surface area (Å²) in [6.45, 7) is 0. The van der Waals surface area contributed by atoms with Crippen LogP contribution in [0.1, 0.15) is 0 Å². The maximum atomic E-state index is 5.19. The van der Waals surface area contributed by atoms with Gasteiger partial charge in [-0.25, -0.2) is 9.97 Å². The molecule has 3 aromatic heterocycles. The van der Waals surface area contributed by atoms with Crippen LogP contribution in [-0.2, 0) is 0 Å². The molecular weight excluding hydrogens is 583 g/mol. The maximum Gasteiger partial charge on any atom is 0.238 e. The first-order valence-corrected chi connectivity index (χ1v) is 16.0. The molecule has 0 aliphatic heterocycles. The minimum atomic E-state index is 0.568. The molecule has 216 valence electrons. The predicted molar refractivity (Wildman–Crippen MR) is 189 cm³/mol. The lowest BCUT2D eigenvalue weighted by Crippen LogP contribution is -2.06. The van der Waals surface area contributed by atoms with Crippen molar-refractivity contribution in [3.05, 3.63) is 152 Å². The highest BCUT2D eigenvalue weighted by atomic mass is 32.1. The van der Waals surface area contributed by atoms with Crippen molar-refractivity contribution >= 4 is 43.4 Å². The first-order chi connectivity index (χ1) is 22.8. The molecule has 0 bridgehead atoms. The Kier molecular flexibility index (Phi) is 6.25. The van der Waals surface area contributed by atoms with E-state index in [0.717, 1.165) is 64.8 Å². The van der Waals surface area contributed by atoms with Crippen LogP contribution in [-0.4, -0.2) is 24.5 Å². The van der Waals surface area contributed by atoms with Crippen LogP contribution < -0.4 is 0 Å². The molecule has 0 amide bonds. The van der Waals surface area contributed by atoms with E-state index in [9.17, 15) is 0 Å². The lowest BCUT2D eigenvalue weighted by Gasteiger charge is -2.12. The highest BCUT2D eigenvalue weighted by Crippen LogP contribution is 2.37. The molecule has 9 rings (SSSR count). The van der Waals surface area contributed by atoms with Gasteiger partial charge in [-0.15, -0.1) is 11.3 Å². The van der Waals surface area contributed by atoms with Crippen molar-refractivity contribution < 1.29 is 0 Å². The molecule has 6 aromatic carbocycles. The van der Waals surface area contributed by atoms with Crippen molar-refractivity contribution in [1.82, 2.24) is 24.5 Å². The third kappa shape index (κ3) is 4.47. The van der Waals surface area contributed by atoms with Gasteiger partial charge < -0.3 is 0 Å². The number of rotatable bonds is 5. The number of aromatic nitrogens is 5. The molecule has 0 saturated carbocycles. The number of para-hydroxylation sites is 3. The average Bonchev–Trinajstić information content (AvgIpc) is 3.72. The molecule has 5 nitrogen and oxygen atoms in total. The summed E-state index contributed by atoms with van der Waals surface area (Å²) >= 11 is 1.68. The Morgan fingerprint density at radius 1 is 0.435 bits per heavy atom. The largest absolute Gasteiger partial charge is 0.278 e. The van der Waals surface area contributed by atoms with Crippen LogP contribution in [0.15, 0.2) is 152 Å². The summed E-state index contributed by atoms with van der Waals surface area (Å²) < 4.78 is 3.24. The molecule has 9 aromatic rings. The Bertz CT molecular complexity index is 2480. The maximum absolute atomic E-state index is 5.19. The Morgan fingerprint density at radius 2 is 1.02 bits per heavy atom. The van der Waals surface area contributed by atoms with Gasteiger partial charge in [0, 0.05) is 27.5 Å². The Morgan fingerprint density at radius 3 is 1.76 bits per heavy atom. The fraction of sp³-hybridized carbons (Fsp3) is 0. The minimum Gasteiger partial charge on any atom is -0.278 e. The molecule has 0 aliphatic carbocycles. The van der Waals surface area contributed by atoms with Gasteiger partial charge in [-0.3, -0.25) is 4.57 Å². The van der Waals surface area contributed by atoms with Crippen LogP contribution in [0.5, 0.6) is 0 Å². The molecule has 3 heterocycles. The predicted octanol–water partition coefficient (Wildman–Crippen LogP) is 10.2. The second kappa shape index (κ2) is 10.9. The molecular formula is C40H25N5S. The van der Waals surface area contributed by atoms with Crippen LogP contribution in [0.4, 0.5) is 0 Å². The van der Waals surface area contributed by atoms with Crippen molar-refractivity contribution in [2.45, 2.75) is 0 Å². The number of benzene rings is 6. The van der Waals surface area contributed by atoms with E-state index in [1.165, 1.54) is 0 Å². The molecule has 0 radical (unpaired) electrons. The SMILES string of the molecule is c1ccc(-c2cccc(-c3nc(-c4cccc5sc(-c6ccccc6)nc45)nc(-n4c5ccccc5c5ccccc54)n3)c2)cc1. The topological polar surface area (TPSA) is 56.5 Å². The summed E-state index contributed by atoms with van der Waals surface area (Å²) in [5.74, 6) is 1.76. The van der Waals surface area contributed by atoms with Gasteiger partial charge in [0.2, 0.25) is 5.95 Å². The van der Waals surface area contributed by atoms with Crippen LogP contribution in [0.2, 0.25) is 0 Å². The lowest BCUT2D eigenvalue weighted by atomic mass is 10.0. The molecule has 0 unspecified atom stereocenters. The molecule has 0 saturated heterocycles. The monoisotopic (exact) mass is 607 g/mol. The molecule has 0 aliphatic rings. The third-order valence-electron chi connectivity index (χ3n) is 8.31. The second-order valence-electron chi connectivity index (χ2n) is 11.1.